The molecular formula is C26H32N4O9. The fourth-order valence-electron chi connectivity index (χ4n) is 3.56. The van der Waals surface area contributed by atoms with E-state index in [2.05, 4.69) is 16.0 Å². The molecular weight excluding hydrogens is 512 g/mol. The van der Waals surface area contributed by atoms with E-state index in [0.717, 1.165) is 0 Å². The Kier molecular flexibility index (Phi) is 11.9. The van der Waals surface area contributed by atoms with Crippen LogP contribution in [0.5, 0.6) is 5.75 Å². The lowest BCUT2D eigenvalue weighted by atomic mass is 10.0. The Balaban J connectivity index is 2.28. The number of phenols is 1. The summed E-state index contributed by atoms with van der Waals surface area (Å²) in [4.78, 5) is 61.2. The van der Waals surface area contributed by atoms with Crippen LogP contribution in [0.1, 0.15) is 24.0 Å². The minimum Gasteiger partial charge on any atom is -0.508 e. The van der Waals surface area contributed by atoms with Gasteiger partial charge in [-0.15, -0.1) is 0 Å². The lowest BCUT2D eigenvalue weighted by Crippen LogP contribution is -2.58. The summed E-state index contributed by atoms with van der Waals surface area (Å²) in [7, 11) is 0. The highest BCUT2D eigenvalue weighted by Gasteiger charge is 2.30. The van der Waals surface area contributed by atoms with Gasteiger partial charge >= 0.3 is 11.9 Å². The molecule has 3 amide bonds. The molecule has 0 radical (unpaired) electrons. The van der Waals surface area contributed by atoms with E-state index in [0.29, 0.717) is 11.1 Å². The number of aliphatic hydroxyl groups excluding tert-OH is 1. The predicted octanol–water partition coefficient (Wildman–Crippen LogP) is -1.10. The standard InChI is InChI=1S/C26H32N4O9/c27-18(10-11-22(33)34)23(35)28-19(12-15-4-2-1-3-5-15)24(36)29-20(13-16-6-8-17(32)9-7-16)25(37)30-21(14-31)26(38)39/h1-9,18-21,31-32H,10-14,27H2,(H,28,35)(H,29,36)(H,30,37)(H,33,34)(H,38,39). The molecule has 2 aromatic carbocycles. The molecule has 13 heteroatoms. The van der Waals surface area contributed by atoms with E-state index in [1.807, 2.05) is 0 Å². The summed E-state index contributed by atoms with van der Waals surface area (Å²) in [6.07, 6.45) is -0.620. The maximum Gasteiger partial charge on any atom is 0.328 e. The summed E-state index contributed by atoms with van der Waals surface area (Å²) >= 11 is 0. The number of aliphatic carboxylic acids is 2. The van der Waals surface area contributed by atoms with E-state index in [-0.39, 0.29) is 31.4 Å². The highest BCUT2D eigenvalue weighted by atomic mass is 16.4. The van der Waals surface area contributed by atoms with Gasteiger partial charge in [-0.25, -0.2) is 4.79 Å². The second-order valence-corrected chi connectivity index (χ2v) is 8.80. The Morgan fingerprint density at radius 2 is 1.21 bits per heavy atom. The number of benzene rings is 2. The van der Waals surface area contributed by atoms with Crippen molar-refractivity contribution in [1.29, 1.82) is 0 Å². The summed E-state index contributed by atoms with van der Waals surface area (Å²) in [5, 5.41) is 44.1. The van der Waals surface area contributed by atoms with Gasteiger partial charge in [-0.05, 0) is 29.7 Å². The number of nitrogens with one attached hydrogen (secondary N) is 3. The zero-order valence-corrected chi connectivity index (χ0v) is 20.9. The van der Waals surface area contributed by atoms with Crippen LogP contribution in [0.15, 0.2) is 54.6 Å². The molecule has 0 aromatic heterocycles. The van der Waals surface area contributed by atoms with Gasteiger partial charge in [-0.1, -0.05) is 42.5 Å². The quantitative estimate of drug-likeness (QED) is 0.135. The fourth-order valence-corrected chi connectivity index (χ4v) is 3.56. The molecule has 0 bridgehead atoms. The Bertz CT molecular complexity index is 1140. The molecule has 39 heavy (non-hydrogen) atoms. The van der Waals surface area contributed by atoms with Crippen molar-refractivity contribution in [3.63, 3.8) is 0 Å². The van der Waals surface area contributed by atoms with Crippen molar-refractivity contribution in [3.8, 4) is 5.75 Å². The Morgan fingerprint density at radius 1 is 0.718 bits per heavy atom. The number of hydrogen-bond donors (Lipinski definition) is 8. The monoisotopic (exact) mass is 544 g/mol. The van der Waals surface area contributed by atoms with Crippen molar-refractivity contribution < 1.29 is 44.4 Å². The Labute approximate surface area is 224 Å². The van der Waals surface area contributed by atoms with Gasteiger partial charge in [0.05, 0.1) is 12.6 Å². The number of aromatic hydroxyl groups is 1. The van der Waals surface area contributed by atoms with Gasteiger partial charge < -0.3 is 42.1 Å². The van der Waals surface area contributed by atoms with Gasteiger partial charge in [-0.3, -0.25) is 19.2 Å². The van der Waals surface area contributed by atoms with E-state index in [1.54, 1.807) is 30.3 Å². The zero-order valence-electron chi connectivity index (χ0n) is 20.9. The van der Waals surface area contributed by atoms with Gasteiger partial charge in [0.25, 0.3) is 0 Å². The number of phenolic OH excluding ortho intramolecular Hbond substituents is 1. The molecule has 0 aliphatic carbocycles. The van der Waals surface area contributed by atoms with Crippen molar-refractivity contribution in [2.24, 2.45) is 5.73 Å². The number of carboxylic acid groups (broad SMARTS) is 2. The minimum atomic E-state index is -1.62. The van der Waals surface area contributed by atoms with E-state index in [9.17, 15) is 39.3 Å². The van der Waals surface area contributed by atoms with Crippen LogP contribution in [0, 0.1) is 0 Å². The third kappa shape index (κ3) is 10.4. The number of carbonyl (C=O) groups excluding carboxylic acids is 3. The molecule has 13 nitrogen and oxygen atoms in total. The van der Waals surface area contributed by atoms with Gasteiger partial charge in [0.1, 0.15) is 23.9 Å². The number of rotatable bonds is 15. The third-order valence-corrected chi connectivity index (χ3v) is 5.73. The van der Waals surface area contributed by atoms with Gasteiger partial charge in [-0.2, -0.15) is 0 Å². The highest BCUT2D eigenvalue weighted by Crippen LogP contribution is 2.12. The van der Waals surface area contributed by atoms with Crippen molar-refractivity contribution in [1.82, 2.24) is 16.0 Å². The van der Waals surface area contributed by atoms with E-state index < -0.39 is 60.4 Å². The number of carbonyl (C=O) groups is 5. The normalized spacial score (nSPS) is 13.8. The van der Waals surface area contributed by atoms with Crippen LogP contribution in [0.3, 0.4) is 0 Å². The summed E-state index contributed by atoms with van der Waals surface area (Å²) in [5.74, 6) is -5.10. The number of carboxylic acids is 2. The van der Waals surface area contributed by atoms with Gasteiger partial charge in [0.15, 0.2) is 0 Å². The molecule has 0 fully saturated rings. The summed E-state index contributed by atoms with van der Waals surface area (Å²) in [6.45, 7) is -0.887. The Hall–Kier alpha value is -4.49. The first-order chi connectivity index (χ1) is 18.5. The zero-order chi connectivity index (χ0) is 28.9. The first kappa shape index (κ1) is 30.7. The molecule has 4 unspecified atom stereocenters. The van der Waals surface area contributed by atoms with Crippen LogP contribution in [0.4, 0.5) is 0 Å². The van der Waals surface area contributed by atoms with Crippen LogP contribution in [0.2, 0.25) is 0 Å². The number of amides is 3. The van der Waals surface area contributed by atoms with Gasteiger partial charge in [0.2, 0.25) is 17.7 Å². The first-order valence-corrected chi connectivity index (χ1v) is 12.0. The van der Waals surface area contributed by atoms with Crippen LogP contribution >= 0.6 is 0 Å². The first-order valence-electron chi connectivity index (χ1n) is 12.0. The second kappa shape index (κ2) is 15.1. The van der Waals surface area contributed by atoms with E-state index in [4.69, 9.17) is 10.8 Å². The predicted molar refractivity (Wildman–Crippen MR) is 137 cm³/mol. The van der Waals surface area contributed by atoms with Crippen LogP contribution < -0.4 is 21.7 Å². The van der Waals surface area contributed by atoms with Crippen LogP contribution in [0.25, 0.3) is 0 Å². The van der Waals surface area contributed by atoms with E-state index in [1.165, 1.54) is 24.3 Å². The number of aliphatic hydroxyl groups is 1. The maximum atomic E-state index is 13.4. The van der Waals surface area contributed by atoms with E-state index >= 15 is 0 Å². The van der Waals surface area contributed by atoms with Gasteiger partial charge in [0, 0.05) is 19.3 Å². The van der Waals surface area contributed by atoms with Crippen molar-refractivity contribution in [3.05, 3.63) is 65.7 Å². The molecule has 0 aliphatic heterocycles. The van der Waals surface area contributed by atoms with Crippen molar-refractivity contribution in [2.45, 2.75) is 49.9 Å². The molecule has 0 saturated carbocycles. The molecule has 0 heterocycles. The molecule has 0 saturated heterocycles. The van der Waals surface area contributed by atoms with Crippen LogP contribution in [-0.4, -0.2) is 80.9 Å². The Morgan fingerprint density at radius 3 is 1.69 bits per heavy atom. The minimum absolute atomic E-state index is 0.00596. The van der Waals surface area contributed by atoms with Crippen LogP contribution in [-0.2, 0) is 36.8 Å². The topological polar surface area (TPSA) is 228 Å². The smallest absolute Gasteiger partial charge is 0.328 e. The number of hydrogen-bond acceptors (Lipinski definition) is 8. The average Bonchev–Trinajstić information content (AvgIpc) is 2.90. The molecule has 0 spiro atoms. The number of nitrogens with two attached hydrogens (primary N) is 1. The SMILES string of the molecule is NC(CCC(=O)O)C(=O)NC(Cc1ccccc1)C(=O)NC(Cc1ccc(O)cc1)C(=O)NC(CO)C(=O)O. The van der Waals surface area contributed by atoms with Crippen molar-refractivity contribution >= 4 is 29.7 Å². The summed E-state index contributed by atoms with van der Waals surface area (Å²) < 4.78 is 0. The maximum absolute atomic E-state index is 13.4. The molecule has 2 rings (SSSR count). The molecule has 0 aliphatic rings. The molecule has 2 aromatic rings. The highest BCUT2D eigenvalue weighted by molar-refractivity contribution is 5.94. The average molecular weight is 545 g/mol. The summed E-state index contributed by atoms with van der Waals surface area (Å²) in [6, 6.07) is 9.04. The third-order valence-electron chi connectivity index (χ3n) is 5.73. The van der Waals surface area contributed by atoms with Crippen molar-refractivity contribution in [2.75, 3.05) is 6.61 Å². The molecule has 210 valence electrons. The summed E-state index contributed by atoms with van der Waals surface area (Å²) in [5.41, 5.74) is 6.99. The molecule has 4 atom stereocenters. The lowest BCUT2D eigenvalue weighted by molar-refractivity contribution is -0.143. The fraction of sp³-hybridized carbons (Fsp3) is 0.346. The second-order valence-electron chi connectivity index (χ2n) is 8.80. The lowest BCUT2D eigenvalue weighted by Gasteiger charge is -2.25. The largest absolute Gasteiger partial charge is 0.508 e. The molecule has 9 N–H and O–H groups in total.